The summed E-state index contributed by atoms with van der Waals surface area (Å²) < 4.78 is 1.99. The highest BCUT2D eigenvalue weighted by Crippen LogP contribution is 2.14. The zero-order chi connectivity index (χ0) is 13.0. The summed E-state index contributed by atoms with van der Waals surface area (Å²) in [4.78, 5) is 4.24. The molecule has 0 saturated heterocycles. The van der Waals surface area contributed by atoms with Gasteiger partial charge >= 0.3 is 0 Å². The Balaban J connectivity index is 2.05. The number of nitrogens with zero attached hydrogens (tertiary/aromatic N) is 4. The summed E-state index contributed by atoms with van der Waals surface area (Å²) in [5, 5.41) is 8.85. The molecule has 2 rings (SSSR count). The van der Waals surface area contributed by atoms with Crippen LogP contribution in [-0.2, 0) is 6.42 Å². The molecule has 0 unspecified atom stereocenters. The van der Waals surface area contributed by atoms with Gasteiger partial charge in [0.05, 0.1) is 0 Å². The normalized spacial score (nSPS) is 11.3. The minimum Gasteiger partial charge on any atom is -0.267 e. The molecule has 0 aliphatic heterocycles. The number of unbranched alkanes of at least 4 members (excludes halogenated alkanes) is 4. The Morgan fingerprint density at radius 3 is 2.72 bits per heavy atom. The second kappa shape index (κ2) is 6.14. The van der Waals surface area contributed by atoms with Crippen molar-refractivity contribution in [1.82, 2.24) is 19.6 Å². The number of aryl methyl sites for hydroxylation is 2. The summed E-state index contributed by atoms with van der Waals surface area (Å²) in [5.74, 6) is 1.84. The monoisotopic (exact) mass is 266 g/mol. The van der Waals surface area contributed by atoms with E-state index in [1.54, 1.807) is 6.07 Å². The van der Waals surface area contributed by atoms with E-state index < -0.39 is 0 Å². The van der Waals surface area contributed by atoms with E-state index in [1.165, 1.54) is 25.7 Å². The molecule has 0 aliphatic rings. The van der Waals surface area contributed by atoms with Crippen molar-refractivity contribution in [2.24, 2.45) is 0 Å². The lowest BCUT2D eigenvalue weighted by atomic mass is 10.1. The fourth-order valence-electron chi connectivity index (χ4n) is 2.17. The Hall–Kier alpha value is -1.16. The minimum atomic E-state index is 0.474. The van der Waals surface area contributed by atoms with Crippen LogP contribution in [0.25, 0.3) is 5.65 Å². The molecule has 0 amide bonds. The van der Waals surface area contributed by atoms with Crippen molar-refractivity contribution in [2.45, 2.75) is 52.4 Å². The predicted octanol–water partition coefficient (Wildman–Crippen LogP) is 3.60. The van der Waals surface area contributed by atoms with Gasteiger partial charge < -0.3 is 0 Å². The third-order valence-corrected chi connectivity index (χ3v) is 3.29. The average Bonchev–Trinajstić information content (AvgIpc) is 2.72. The van der Waals surface area contributed by atoms with Crippen LogP contribution in [0.4, 0.5) is 0 Å². The van der Waals surface area contributed by atoms with Crippen molar-refractivity contribution < 1.29 is 0 Å². The molecule has 0 fully saturated rings. The van der Waals surface area contributed by atoms with Gasteiger partial charge in [-0.2, -0.15) is 0 Å². The van der Waals surface area contributed by atoms with Crippen LogP contribution in [0.1, 0.15) is 50.7 Å². The van der Waals surface area contributed by atoms with Gasteiger partial charge in [-0.25, -0.2) is 4.98 Å². The van der Waals surface area contributed by atoms with Crippen molar-refractivity contribution in [2.75, 3.05) is 0 Å². The minimum absolute atomic E-state index is 0.474. The number of rotatable bonds is 6. The molecule has 0 aliphatic carbocycles. The molecule has 5 heteroatoms. The quantitative estimate of drug-likeness (QED) is 0.593. The molecule has 18 heavy (non-hydrogen) atoms. The smallest absolute Gasteiger partial charge is 0.165 e. The Morgan fingerprint density at radius 2 is 1.94 bits per heavy atom. The Morgan fingerprint density at radius 1 is 1.17 bits per heavy atom. The molecule has 2 heterocycles. The molecule has 0 atom stereocenters. The van der Waals surface area contributed by atoms with Gasteiger partial charge in [-0.05, 0) is 13.3 Å². The van der Waals surface area contributed by atoms with E-state index in [9.17, 15) is 0 Å². The van der Waals surface area contributed by atoms with Crippen LogP contribution in [0.3, 0.4) is 0 Å². The lowest BCUT2D eigenvalue weighted by Crippen LogP contribution is -2.01. The Bertz CT molecular complexity index is 521. The maximum Gasteiger partial charge on any atom is 0.165 e. The van der Waals surface area contributed by atoms with Gasteiger partial charge in [-0.15, -0.1) is 10.2 Å². The second-order valence-corrected chi connectivity index (χ2v) is 4.99. The molecule has 2 aromatic rings. The van der Waals surface area contributed by atoms with E-state index in [-0.39, 0.29) is 0 Å². The van der Waals surface area contributed by atoms with Gasteiger partial charge in [0, 0.05) is 12.5 Å². The van der Waals surface area contributed by atoms with Gasteiger partial charge in [0.15, 0.2) is 5.65 Å². The van der Waals surface area contributed by atoms with Crippen molar-refractivity contribution >= 4 is 17.2 Å². The number of halogens is 1. The zero-order valence-electron chi connectivity index (χ0n) is 11.0. The van der Waals surface area contributed by atoms with Crippen molar-refractivity contribution in [3.05, 3.63) is 22.9 Å². The largest absolute Gasteiger partial charge is 0.267 e. The fourth-order valence-corrected chi connectivity index (χ4v) is 2.39. The topological polar surface area (TPSA) is 43.1 Å². The van der Waals surface area contributed by atoms with Crippen molar-refractivity contribution in [1.29, 1.82) is 0 Å². The van der Waals surface area contributed by atoms with Crippen LogP contribution in [0, 0.1) is 6.92 Å². The SMILES string of the molecule is CCCCCCCc1nnc2cc(Cl)nc(C)n12. The van der Waals surface area contributed by atoms with Gasteiger partial charge in [0.1, 0.15) is 16.8 Å². The molecule has 0 N–H and O–H groups in total. The molecule has 4 nitrogen and oxygen atoms in total. The first-order valence-corrected chi connectivity index (χ1v) is 6.97. The van der Waals surface area contributed by atoms with E-state index in [4.69, 9.17) is 11.6 Å². The molecule has 98 valence electrons. The number of hydrogen-bond donors (Lipinski definition) is 0. The summed E-state index contributed by atoms with van der Waals surface area (Å²) >= 11 is 5.90. The van der Waals surface area contributed by atoms with E-state index in [0.717, 1.165) is 30.1 Å². The van der Waals surface area contributed by atoms with E-state index in [0.29, 0.717) is 5.15 Å². The van der Waals surface area contributed by atoms with Crippen LogP contribution < -0.4 is 0 Å². The van der Waals surface area contributed by atoms with E-state index in [2.05, 4.69) is 22.1 Å². The highest BCUT2D eigenvalue weighted by atomic mass is 35.5. The Labute approximate surface area is 112 Å². The molecule has 0 bridgehead atoms. The molecule has 0 saturated carbocycles. The average molecular weight is 267 g/mol. The predicted molar refractivity (Wildman–Crippen MR) is 73.0 cm³/mol. The second-order valence-electron chi connectivity index (χ2n) is 4.60. The van der Waals surface area contributed by atoms with E-state index >= 15 is 0 Å². The molecule has 0 aromatic carbocycles. The highest BCUT2D eigenvalue weighted by molar-refractivity contribution is 6.29. The third-order valence-electron chi connectivity index (χ3n) is 3.10. The van der Waals surface area contributed by atoms with Crippen molar-refractivity contribution in [3.63, 3.8) is 0 Å². The summed E-state index contributed by atoms with van der Waals surface area (Å²) in [7, 11) is 0. The lowest BCUT2D eigenvalue weighted by Gasteiger charge is -2.03. The standard InChI is InChI=1S/C13H19ClN4/c1-3-4-5-6-7-8-12-16-17-13-9-11(14)15-10(2)18(12)13/h9H,3-8H2,1-2H3. The van der Waals surface area contributed by atoms with Crippen LogP contribution in [-0.4, -0.2) is 19.6 Å². The lowest BCUT2D eigenvalue weighted by molar-refractivity contribution is 0.619. The van der Waals surface area contributed by atoms with Crippen LogP contribution in [0.15, 0.2) is 6.07 Å². The van der Waals surface area contributed by atoms with Crippen LogP contribution in [0.2, 0.25) is 5.15 Å². The van der Waals surface area contributed by atoms with Crippen LogP contribution in [0.5, 0.6) is 0 Å². The first-order valence-electron chi connectivity index (χ1n) is 6.59. The molecule has 2 aromatic heterocycles. The third kappa shape index (κ3) is 2.99. The molecule has 0 radical (unpaired) electrons. The summed E-state index contributed by atoms with van der Waals surface area (Å²) in [6.45, 7) is 4.16. The maximum atomic E-state index is 5.90. The van der Waals surface area contributed by atoms with Gasteiger partial charge in [0.25, 0.3) is 0 Å². The summed E-state index contributed by atoms with van der Waals surface area (Å²) in [6, 6.07) is 1.75. The van der Waals surface area contributed by atoms with Gasteiger partial charge in [-0.1, -0.05) is 44.2 Å². The number of fused-ring (bicyclic) bond motifs is 1. The van der Waals surface area contributed by atoms with Gasteiger partial charge in [-0.3, -0.25) is 4.40 Å². The summed E-state index contributed by atoms with van der Waals surface area (Å²) in [6.07, 6.45) is 7.25. The molecular formula is C13H19ClN4. The zero-order valence-corrected chi connectivity index (χ0v) is 11.7. The number of aromatic nitrogens is 4. The molecule has 0 spiro atoms. The highest BCUT2D eigenvalue weighted by Gasteiger charge is 2.09. The van der Waals surface area contributed by atoms with E-state index in [1.807, 2.05) is 11.3 Å². The van der Waals surface area contributed by atoms with Gasteiger partial charge in [0.2, 0.25) is 0 Å². The maximum absolute atomic E-state index is 5.90. The van der Waals surface area contributed by atoms with Crippen LogP contribution >= 0.6 is 11.6 Å². The molecular weight excluding hydrogens is 248 g/mol. The first kappa shape index (κ1) is 13.3. The Kier molecular flexibility index (Phi) is 4.53. The first-order chi connectivity index (χ1) is 8.72. The van der Waals surface area contributed by atoms with Crippen molar-refractivity contribution in [3.8, 4) is 0 Å². The fraction of sp³-hybridized carbons (Fsp3) is 0.615. The summed E-state index contributed by atoms with van der Waals surface area (Å²) in [5.41, 5.74) is 0.788. The number of hydrogen-bond acceptors (Lipinski definition) is 3.